The van der Waals surface area contributed by atoms with Crippen LogP contribution in [0.15, 0.2) is 36.7 Å². The van der Waals surface area contributed by atoms with Gasteiger partial charge >= 0.3 is 17.9 Å². The second-order valence-corrected chi connectivity index (χ2v) is 10.9. The van der Waals surface area contributed by atoms with E-state index in [1.165, 1.54) is 31.1 Å². The Bertz CT molecular complexity index is 879. The van der Waals surface area contributed by atoms with E-state index >= 15 is 0 Å². The molecule has 2 fully saturated rings. The van der Waals surface area contributed by atoms with E-state index in [1.54, 1.807) is 26.4 Å². The molecule has 0 spiro atoms. The molecule has 0 aromatic heterocycles. The first-order valence-corrected chi connectivity index (χ1v) is 15.3. The maximum Gasteiger partial charge on any atom is 0.332 e. The lowest BCUT2D eigenvalue weighted by Gasteiger charge is -2.33. The van der Waals surface area contributed by atoms with Crippen LogP contribution in [0.4, 0.5) is 0 Å². The monoisotopic (exact) mass is 592 g/mol. The molecule has 238 valence electrons. The smallest absolute Gasteiger partial charge is 0.332 e. The number of nitrogens with zero attached hydrogens (tertiary/aromatic N) is 2. The van der Waals surface area contributed by atoms with Crippen molar-refractivity contribution in [2.24, 2.45) is 0 Å². The third-order valence-electron chi connectivity index (χ3n) is 7.29. The topological polar surface area (TPSA) is 119 Å². The highest BCUT2D eigenvalue weighted by molar-refractivity contribution is 5.82. The predicted octanol–water partition coefficient (Wildman–Crippen LogP) is 2.53. The summed E-state index contributed by atoms with van der Waals surface area (Å²) in [5.74, 6) is -1.18. The van der Waals surface area contributed by atoms with Gasteiger partial charge in [0.05, 0.1) is 12.7 Å². The van der Waals surface area contributed by atoms with Gasteiger partial charge in [-0.2, -0.15) is 0 Å². The van der Waals surface area contributed by atoms with Crippen molar-refractivity contribution in [1.82, 2.24) is 20.4 Å². The fourth-order valence-corrected chi connectivity index (χ4v) is 4.44. The number of nitrogens with one attached hydrogen (secondary N) is 2. The first-order valence-electron chi connectivity index (χ1n) is 15.3. The Morgan fingerprint density at radius 2 is 1.45 bits per heavy atom. The van der Waals surface area contributed by atoms with Crippen molar-refractivity contribution in [1.29, 1.82) is 0 Å². The van der Waals surface area contributed by atoms with E-state index in [0.717, 1.165) is 65.1 Å². The summed E-state index contributed by atoms with van der Waals surface area (Å²) >= 11 is 0. The Kier molecular flexibility index (Phi) is 17.6. The summed E-state index contributed by atoms with van der Waals surface area (Å²) in [5, 5.41) is 7.00. The van der Waals surface area contributed by atoms with Crippen LogP contribution in [0.5, 0.6) is 0 Å². The number of carbonyl (C=O) groups excluding carboxylic acids is 3. The molecule has 0 radical (unpaired) electrons. The van der Waals surface area contributed by atoms with Gasteiger partial charge in [-0.05, 0) is 33.1 Å². The van der Waals surface area contributed by atoms with E-state index < -0.39 is 11.9 Å². The Hall–Kier alpha value is -2.89. The molecule has 2 heterocycles. The number of esters is 3. The first kappa shape index (κ1) is 35.3. The molecule has 0 aliphatic carbocycles. The quantitative estimate of drug-likeness (QED) is 0.106. The lowest BCUT2D eigenvalue weighted by atomic mass is 10.0. The number of unbranched alkanes of at least 4 members (excludes halogenated alkanes) is 2. The average Bonchev–Trinajstić information content (AvgIpc) is 2.99. The van der Waals surface area contributed by atoms with Crippen LogP contribution < -0.4 is 10.6 Å². The van der Waals surface area contributed by atoms with Gasteiger partial charge in [0.1, 0.15) is 6.10 Å². The van der Waals surface area contributed by atoms with Crippen LogP contribution in [0.3, 0.4) is 0 Å². The van der Waals surface area contributed by atoms with Crippen LogP contribution in [0.1, 0.15) is 59.3 Å². The second-order valence-electron chi connectivity index (χ2n) is 10.9. The van der Waals surface area contributed by atoms with Gasteiger partial charge in [-0.3, -0.25) is 0 Å². The molecule has 2 saturated heterocycles. The van der Waals surface area contributed by atoms with Gasteiger partial charge in [-0.1, -0.05) is 25.8 Å². The molecule has 0 amide bonds. The molecule has 42 heavy (non-hydrogen) atoms. The van der Waals surface area contributed by atoms with E-state index in [-0.39, 0.29) is 30.8 Å². The second kappa shape index (κ2) is 20.9. The molecule has 0 saturated carbocycles. The molecule has 0 aromatic rings. The van der Waals surface area contributed by atoms with E-state index in [1.807, 2.05) is 29.7 Å². The van der Waals surface area contributed by atoms with E-state index in [9.17, 15) is 14.4 Å². The molecule has 0 aromatic carbocycles. The van der Waals surface area contributed by atoms with Gasteiger partial charge < -0.3 is 39.4 Å². The van der Waals surface area contributed by atoms with E-state index in [0.29, 0.717) is 12.5 Å². The highest BCUT2D eigenvalue weighted by Crippen LogP contribution is 2.08. The molecule has 2 N–H and O–H groups in total. The summed E-state index contributed by atoms with van der Waals surface area (Å²) in [6.45, 7) is 11.1. The third-order valence-corrected chi connectivity index (χ3v) is 7.29. The van der Waals surface area contributed by atoms with Crippen LogP contribution in [-0.2, 0) is 33.3 Å². The lowest BCUT2D eigenvalue weighted by Crippen LogP contribution is -2.53. The number of methoxy groups -OCH3 is 1. The van der Waals surface area contributed by atoms with Crippen molar-refractivity contribution < 1.29 is 33.3 Å². The minimum atomic E-state index is -0.437. The molecule has 2 aliphatic rings. The normalized spacial score (nSPS) is 21.1. The fraction of sp³-hybridized carbons (Fsp3) is 0.710. The minimum absolute atomic E-state index is 0.0862. The van der Waals surface area contributed by atoms with Crippen molar-refractivity contribution in [2.45, 2.75) is 83.6 Å². The highest BCUT2D eigenvalue weighted by atomic mass is 16.6. The van der Waals surface area contributed by atoms with Crippen LogP contribution in [0.25, 0.3) is 0 Å². The molecule has 0 bridgehead atoms. The van der Waals surface area contributed by atoms with Crippen LogP contribution in [0.2, 0.25) is 0 Å². The third kappa shape index (κ3) is 15.9. The van der Waals surface area contributed by atoms with Gasteiger partial charge in [-0.15, -0.1) is 0 Å². The molecule has 2 aliphatic heterocycles. The Balaban J connectivity index is 1.53. The van der Waals surface area contributed by atoms with Crippen LogP contribution >= 0.6 is 0 Å². The van der Waals surface area contributed by atoms with Crippen molar-refractivity contribution in [2.75, 3.05) is 59.6 Å². The van der Waals surface area contributed by atoms with Crippen molar-refractivity contribution in [3.8, 4) is 0 Å². The van der Waals surface area contributed by atoms with E-state index in [2.05, 4.69) is 10.6 Å². The van der Waals surface area contributed by atoms with Gasteiger partial charge in [0.15, 0.2) is 0 Å². The molecule has 11 nitrogen and oxygen atoms in total. The fourth-order valence-electron chi connectivity index (χ4n) is 4.44. The molecule has 4 unspecified atom stereocenters. The Morgan fingerprint density at radius 3 is 2.07 bits per heavy atom. The van der Waals surface area contributed by atoms with Gasteiger partial charge in [0.2, 0.25) is 0 Å². The van der Waals surface area contributed by atoms with Crippen molar-refractivity contribution in [3.63, 3.8) is 0 Å². The van der Waals surface area contributed by atoms with Gasteiger partial charge in [0.25, 0.3) is 0 Å². The van der Waals surface area contributed by atoms with E-state index in [4.69, 9.17) is 18.9 Å². The molecular weight excluding hydrogens is 540 g/mol. The van der Waals surface area contributed by atoms with Gasteiger partial charge in [-0.25, -0.2) is 14.4 Å². The maximum absolute atomic E-state index is 12.2. The van der Waals surface area contributed by atoms with Gasteiger partial charge in [0, 0.05) is 102 Å². The summed E-state index contributed by atoms with van der Waals surface area (Å²) in [4.78, 5) is 40.1. The summed E-state index contributed by atoms with van der Waals surface area (Å²) in [6.07, 6.45) is 15.0. The molecule has 2 rings (SSSR count). The Morgan fingerprint density at radius 1 is 0.810 bits per heavy atom. The zero-order chi connectivity index (χ0) is 30.6. The number of carbonyl (C=O) groups is 3. The van der Waals surface area contributed by atoms with Crippen LogP contribution in [-0.4, -0.2) is 112 Å². The summed E-state index contributed by atoms with van der Waals surface area (Å²) in [6, 6.07) is 0.537. The molecular formula is C31H52N4O7. The average molecular weight is 593 g/mol. The Labute approximate surface area is 251 Å². The molecule has 11 heteroatoms. The number of ether oxygens (including phenoxy) is 4. The summed E-state index contributed by atoms with van der Waals surface area (Å²) in [7, 11) is 1.73. The highest BCUT2D eigenvalue weighted by Gasteiger charge is 2.18. The minimum Gasteiger partial charge on any atom is -0.462 e. The number of hydrogen-bond donors (Lipinski definition) is 2. The van der Waals surface area contributed by atoms with Crippen LogP contribution in [0, 0.1) is 0 Å². The van der Waals surface area contributed by atoms with Crippen molar-refractivity contribution >= 4 is 17.9 Å². The zero-order valence-corrected chi connectivity index (χ0v) is 25.9. The number of hydrogen-bond acceptors (Lipinski definition) is 11. The summed E-state index contributed by atoms with van der Waals surface area (Å²) in [5.41, 5.74) is 0. The largest absolute Gasteiger partial charge is 0.462 e. The lowest BCUT2D eigenvalue weighted by molar-refractivity contribution is -0.145. The molecule has 4 atom stereocenters. The number of rotatable bonds is 18. The first-order chi connectivity index (χ1) is 20.3. The maximum atomic E-state index is 12.2. The standard InChI is InChI=1S/C31H52N4O7/c1-5-25(2)41-31(38)13-16-35-19-17-34(18-20-35)15-12-29(36)40-22-14-26(3)42-30(37)11-10-28-24-32-27(23-33-28)9-7-6-8-21-39-4/h10-13,15-16,25-28,32-33H,5-9,14,17-24H2,1-4H3/b11-10+,15-12+,16-13+. The zero-order valence-electron chi connectivity index (χ0n) is 25.9. The summed E-state index contributed by atoms with van der Waals surface area (Å²) < 4.78 is 21.0. The number of piperazine rings is 2. The predicted molar refractivity (Wildman–Crippen MR) is 161 cm³/mol. The van der Waals surface area contributed by atoms with Crippen molar-refractivity contribution in [3.05, 3.63) is 36.7 Å². The SMILES string of the molecule is CCC(C)OC(=O)/C=C/N1CCN(/C=C/C(=O)OCCC(C)OC(=O)/C=C/C2CNC(CCCCCOC)CN2)CC1.